The standard InChI is InChI=1S/C12H18N2O2/c1-13(10-11-6-5-9-16-11)12(15)14-7-3-2-4-8-14/h5-6,9H,2-4,7-8,10H2,1H3. The lowest BCUT2D eigenvalue weighted by molar-refractivity contribution is 0.148. The maximum atomic E-state index is 12.0. The molecule has 0 spiro atoms. The number of rotatable bonds is 2. The molecule has 0 unspecified atom stereocenters. The number of hydrogen-bond donors (Lipinski definition) is 0. The summed E-state index contributed by atoms with van der Waals surface area (Å²) < 4.78 is 5.23. The van der Waals surface area contributed by atoms with E-state index in [2.05, 4.69) is 0 Å². The van der Waals surface area contributed by atoms with Crippen molar-refractivity contribution in [2.24, 2.45) is 0 Å². The number of carbonyl (C=O) groups excluding carboxylic acids is 1. The summed E-state index contributed by atoms with van der Waals surface area (Å²) in [6, 6.07) is 3.84. The van der Waals surface area contributed by atoms with Crippen LogP contribution in [-0.2, 0) is 6.54 Å². The second-order valence-electron chi connectivity index (χ2n) is 4.27. The molecule has 0 aliphatic carbocycles. The lowest BCUT2D eigenvalue weighted by atomic mass is 10.1. The van der Waals surface area contributed by atoms with E-state index in [4.69, 9.17) is 4.42 Å². The van der Waals surface area contributed by atoms with Crippen LogP contribution in [0.3, 0.4) is 0 Å². The van der Waals surface area contributed by atoms with Crippen LogP contribution >= 0.6 is 0 Å². The fraction of sp³-hybridized carbons (Fsp3) is 0.583. The molecule has 88 valence electrons. The lowest BCUT2D eigenvalue weighted by Crippen LogP contribution is -2.43. The van der Waals surface area contributed by atoms with Gasteiger partial charge in [0.15, 0.2) is 0 Å². The van der Waals surface area contributed by atoms with Crippen molar-refractivity contribution < 1.29 is 9.21 Å². The Balaban J connectivity index is 1.88. The molecule has 0 atom stereocenters. The van der Waals surface area contributed by atoms with Gasteiger partial charge in [0, 0.05) is 20.1 Å². The second-order valence-corrected chi connectivity index (χ2v) is 4.27. The Morgan fingerprint density at radius 1 is 1.44 bits per heavy atom. The van der Waals surface area contributed by atoms with Crippen LogP contribution in [0.25, 0.3) is 0 Å². The Morgan fingerprint density at radius 2 is 2.19 bits per heavy atom. The van der Waals surface area contributed by atoms with E-state index in [1.165, 1.54) is 6.42 Å². The Hall–Kier alpha value is -1.45. The maximum absolute atomic E-state index is 12.0. The van der Waals surface area contributed by atoms with E-state index in [-0.39, 0.29) is 6.03 Å². The van der Waals surface area contributed by atoms with Crippen molar-refractivity contribution >= 4 is 6.03 Å². The normalized spacial score (nSPS) is 16.2. The number of piperidine rings is 1. The molecule has 1 aromatic heterocycles. The number of urea groups is 1. The minimum atomic E-state index is 0.108. The number of nitrogens with zero attached hydrogens (tertiary/aromatic N) is 2. The Labute approximate surface area is 95.8 Å². The third-order valence-electron chi connectivity index (χ3n) is 2.93. The van der Waals surface area contributed by atoms with Crippen molar-refractivity contribution in [2.75, 3.05) is 20.1 Å². The van der Waals surface area contributed by atoms with Gasteiger partial charge in [0.2, 0.25) is 0 Å². The first kappa shape index (κ1) is 11.0. The summed E-state index contributed by atoms with van der Waals surface area (Å²) in [6.45, 7) is 2.32. The summed E-state index contributed by atoms with van der Waals surface area (Å²) in [4.78, 5) is 15.7. The van der Waals surface area contributed by atoms with Crippen LogP contribution in [0.15, 0.2) is 22.8 Å². The summed E-state index contributed by atoms with van der Waals surface area (Å²) in [5.74, 6) is 0.827. The Morgan fingerprint density at radius 3 is 2.81 bits per heavy atom. The second kappa shape index (κ2) is 5.05. The number of amides is 2. The third kappa shape index (κ3) is 2.56. The molecule has 2 amide bonds. The molecule has 0 bridgehead atoms. The van der Waals surface area contributed by atoms with Crippen LogP contribution in [0.5, 0.6) is 0 Å². The molecule has 0 radical (unpaired) electrons. The van der Waals surface area contributed by atoms with Gasteiger partial charge in [0.05, 0.1) is 12.8 Å². The molecular weight excluding hydrogens is 204 g/mol. The monoisotopic (exact) mass is 222 g/mol. The van der Waals surface area contributed by atoms with E-state index < -0.39 is 0 Å². The Kier molecular flexibility index (Phi) is 3.49. The molecular formula is C12H18N2O2. The van der Waals surface area contributed by atoms with E-state index in [0.717, 1.165) is 31.7 Å². The fourth-order valence-corrected chi connectivity index (χ4v) is 2.03. The SMILES string of the molecule is CN(Cc1ccco1)C(=O)N1CCCCC1. The molecule has 1 saturated heterocycles. The first-order chi connectivity index (χ1) is 7.77. The fourth-order valence-electron chi connectivity index (χ4n) is 2.03. The summed E-state index contributed by atoms with van der Waals surface area (Å²) in [7, 11) is 1.82. The topological polar surface area (TPSA) is 36.7 Å². The molecule has 0 saturated carbocycles. The van der Waals surface area contributed by atoms with Crippen LogP contribution in [-0.4, -0.2) is 36.0 Å². The van der Waals surface area contributed by atoms with Crippen LogP contribution in [0.2, 0.25) is 0 Å². The minimum Gasteiger partial charge on any atom is -0.467 e. The van der Waals surface area contributed by atoms with Gasteiger partial charge < -0.3 is 14.2 Å². The molecule has 2 rings (SSSR count). The van der Waals surface area contributed by atoms with Crippen molar-refractivity contribution in [3.63, 3.8) is 0 Å². The van der Waals surface area contributed by atoms with Gasteiger partial charge in [-0.05, 0) is 31.4 Å². The van der Waals surface area contributed by atoms with Crippen molar-refractivity contribution in [3.05, 3.63) is 24.2 Å². The molecule has 0 aromatic carbocycles. The highest BCUT2D eigenvalue weighted by molar-refractivity contribution is 5.74. The minimum absolute atomic E-state index is 0.108. The van der Waals surface area contributed by atoms with Gasteiger partial charge in [-0.15, -0.1) is 0 Å². The van der Waals surface area contributed by atoms with Gasteiger partial charge in [-0.25, -0.2) is 4.79 Å². The van der Waals surface area contributed by atoms with Gasteiger partial charge in [0.25, 0.3) is 0 Å². The largest absolute Gasteiger partial charge is 0.467 e. The number of hydrogen-bond acceptors (Lipinski definition) is 2. The van der Waals surface area contributed by atoms with Crippen molar-refractivity contribution in [2.45, 2.75) is 25.8 Å². The average molecular weight is 222 g/mol. The highest BCUT2D eigenvalue weighted by atomic mass is 16.3. The van der Waals surface area contributed by atoms with Crippen LogP contribution in [0, 0.1) is 0 Å². The number of carbonyl (C=O) groups is 1. The molecule has 4 nitrogen and oxygen atoms in total. The van der Waals surface area contributed by atoms with Gasteiger partial charge >= 0.3 is 6.03 Å². The van der Waals surface area contributed by atoms with Crippen molar-refractivity contribution in [1.82, 2.24) is 9.80 Å². The van der Waals surface area contributed by atoms with Gasteiger partial charge in [-0.1, -0.05) is 0 Å². The molecule has 0 N–H and O–H groups in total. The first-order valence-electron chi connectivity index (χ1n) is 5.80. The highest BCUT2D eigenvalue weighted by Gasteiger charge is 2.20. The molecule has 2 heterocycles. The molecule has 16 heavy (non-hydrogen) atoms. The van der Waals surface area contributed by atoms with E-state index in [1.807, 2.05) is 24.1 Å². The number of likely N-dealkylation sites (tertiary alicyclic amines) is 1. The Bertz CT molecular complexity index is 329. The summed E-state index contributed by atoms with van der Waals surface area (Å²) >= 11 is 0. The van der Waals surface area contributed by atoms with Crippen molar-refractivity contribution in [1.29, 1.82) is 0 Å². The van der Waals surface area contributed by atoms with E-state index in [0.29, 0.717) is 6.54 Å². The zero-order chi connectivity index (χ0) is 11.4. The van der Waals surface area contributed by atoms with Crippen LogP contribution < -0.4 is 0 Å². The summed E-state index contributed by atoms with van der Waals surface area (Å²) in [6.07, 6.45) is 5.13. The first-order valence-corrected chi connectivity index (χ1v) is 5.80. The van der Waals surface area contributed by atoms with Crippen LogP contribution in [0.4, 0.5) is 4.79 Å². The molecule has 1 fully saturated rings. The zero-order valence-electron chi connectivity index (χ0n) is 9.69. The average Bonchev–Trinajstić information content (AvgIpc) is 2.82. The van der Waals surface area contributed by atoms with Crippen molar-refractivity contribution in [3.8, 4) is 0 Å². The summed E-state index contributed by atoms with van der Waals surface area (Å²) in [5.41, 5.74) is 0. The maximum Gasteiger partial charge on any atom is 0.320 e. The van der Waals surface area contributed by atoms with E-state index in [1.54, 1.807) is 11.2 Å². The molecule has 1 aliphatic rings. The third-order valence-corrected chi connectivity index (χ3v) is 2.93. The van der Waals surface area contributed by atoms with Gasteiger partial charge in [-0.3, -0.25) is 0 Å². The molecule has 1 aromatic rings. The summed E-state index contributed by atoms with van der Waals surface area (Å²) in [5, 5.41) is 0. The predicted octanol–water partition coefficient (Wildman–Crippen LogP) is 2.32. The van der Waals surface area contributed by atoms with E-state index >= 15 is 0 Å². The molecule has 1 aliphatic heterocycles. The predicted molar refractivity (Wildman–Crippen MR) is 61.0 cm³/mol. The smallest absolute Gasteiger partial charge is 0.320 e. The lowest BCUT2D eigenvalue weighted by Gasteiger charge is -2.30. The number of furan rings is 1. The van der Waals surface area contributed by atoms with Gasteiger partial charge in [0.1, 0.15) is 5.76 Å². The van der Waals surface area contributed by atoms with Gasteiger partial charge in [-0.2, -0.15) is 0 Å². The zero-order valence-corrected chi connectivity index (χ0v) is 9.69. The van der Waals surface area contributed by atoms with E-state index in [9.17, 15) is 4.79 Å². The quantitative estimate of drug-likeness (QED) is 0.770. The molecule has 4 heteroatoms. The van der Waals surface area contributed by atoms with Crippen LogP contribution in [0.1, 0.15) is 25.0 Å². The highest BCUT2D eigenvalue weighted by Crippen LogP contribution is 2.12.